The van der Waals surface area contributed by atoms with Crippen LogP contribution in [-0.4, -0.2) is 62.2 Å². The van der Waals surface area contributed by atoms with Crippen molar-refractivity contribution in [3.8, 4) is 0 Å². The topological polar surface area (TPSA) is 120 Å². The van der Waals surface area contributed by atoms with Gasteiger partial charge in [0.1, 0.15) is 0 Å². The summed E-state index contributed by atoms with van der Waals surface area (Å²) < 4.78 is 0. The Bertz CT molecular complexity index is 909. The highest BCUT2D eigenvalue weighted by molar-refractivity contribution is 5.76. The first-order chi connectivity index (χ1) is 25.4. The number of carboxylic acid groups (broad SMARTS) is 1. The molecule has 0 rings (SSSR count). The second kappa shape index (κ2) is 45.8. The molecule has 0 aliphatic carbocycles. The van der Waals surface area contributed by atoms with Crippen LogP contribution in [0.4, 0.5) is 0 Å². The zero-order valence-electron chi connectivity index (χ0n) is 33.5. The quantitative estimate of drug-likeness (QED) is 0.0328. The lowest BCUT2D eigenvalue weighted by Crippen LogP contribution is -2.37. The van der Waals surface area contributed by atoms with E-state index in [0.717, 1.165) is 110 Å². The Morgan fingerprint density at radius 2 is 0.712 bits per heavy atom. The van der Waals surface area contributed by atoms with Crippen LogP contribution in [0.2, 0.25) is 0 Å². The van der Waals surface area contributed by atoms with Crippen LogP contribution >= 0.6 is 0 Å². The van der Waals surface area contributed by atoms with E-state index >= 15 is 0 Å². The normalized spacial score (nSPS) is 11.8. The van der Waals surface area contributed by atoms with E-state index < -0.39 is 5.97 Å². The Morgan fingerprint density at radius 3 is 1.08 bits per heavy atom. The highest BCUT2D eigenvalue weighted by Crippen LogP contribution is 2.09. The van der Waals surface area contributed by atoms with Gasteiger partial charge in [0.05, 0.1) is 0 Å². The van der Waals surface area contributed by atoms with E-state index in [-0.39, 0.29) is 11.8 Å². The van der Waals surface area contributed by atoms with E-state index in [9.17, 15) is 9.59 Å². The molecule has 0 heterocycles. The molecule has 0 unspecified atom stereocenters. The Morgan fingerprint density at radius 1 is 0.423 bits per heavy atom. The van der Waals surface area contributed by atoms with Gasteiger partial charge in [0, 0.05) is 59.0 Å². The van der Waals surface area contributed by atoms with E-state index in [2.05, 4.69) is 108 Å². The van der Waals surface area contributed by atoms with Crippen molar-refractivity contribution in [3.05, 3.63) is 72.9 Å². The highest BCUT2D eigenvalue weighted by atomic mass is 16.4. The lowest BCUT2D eigenvalue weighted by Gasteiger charge is -2.09. The first-order valence-corrected chi connectivity index (χ1v) is 20.5. The number of unbranched alkanes of at least 4 members (excludes halogenated alkanes) is 10. The number of rotatable bonds is 35. The summed E-state index contributed by atoms with van der Waals surface area (Å²) in [6.07, 6.45) is 48.4. The molecule has 5 N–H and O–H groups in total. The van der Waals surface area contributed by atoms with Gasteiger partial charge in [-0.2, -0.15) is 0 Å². The van der Waals surface area contributed by atoms with Crippen molar-refractivity contribution in [3.63, 3.8) is 0 Å². The maximum absolute atomic E-state index is 12.0. The van der Waals surface area contributed by atoms with Crippen LogP contribution in [0.25, 0.3) is 0 Å². The minimum absolute atomic E-state index is 0.158. The molecular weight excluding hydrogens is 649 g/mol. The Labute approximate surface area is 319 Å². The summed E-state index contributed by atoms with van der Waals surface area (Å²) in [4.78, 5) is 33.1. The second-order valence-electron chi connectivity index (χ2n) is 12.9. The third-order valence-electron chi connectivity index (χ3n) is 7.84. The summed E-state index contributed by atoms with van der Waals surface area (Å²) >= 11 is 0. The standard InChI is InChI=1S/C42H74N4O2.C2H4O2/c1-3-5-7-9-11-13-15-17-19-21-23-25-27-29-31-33-41(47)45-39-37-43-35-36-44-38-40-46-42(48)34-32-30-28-26-24-22-20-18-16-14-12-10-8-6-4-2;1-2(3)4/h5-8,11-14,17-20,43-44H,3-4,9-10,15-16,21-40H2,1-2H3,(H,45,47)(H,46,48);1H3,(H,3,4)/b7-5+,8-6+,13-11+,14-12+,19-17+,20-18+;. The largest absolute Gasteiger partial charge is 0.481 e. The number of aliphatic carboxylic acids is 1. The minimum atomic E-state index is -0.833. The lowest BCUT2D eigenvalue weighted by molar-refractivity contribution is -0.134. The fourth-order valence-corrected chi connectivity index (χ4v) is 4.99. The summed E-state index contributed by atoms with van der Waals surface area (Å²) in [5.74, 6) is -0.518. The first kappa shape index (κ1) is 50.9. The van der Waals surface area contributed by atoms with Crippen molar-refractivity contribution in [2.45, 2.75) is 149 Å². The maximum atomic E-state index is 12.0. The molecule has 8 nitrogen and oxygen atoms in total. The molecule has 2 amide bonds. The molecule has 8 heteroatoms. The van der Waals surface area contributed by atoms with E-state index in [1.165, 1.54) is 38.5 Å². The van der Waals surface area contributed by atoms with Crippen LogP contribution < -0.4 is 21.3 Å². The number of nitrogens with one attached hydrogen (secondary N) is 4. The molecule has 52 heavy (non-hydrogen) atoms. The van der Waals surface area contributed by atoms with Crippen LogP contribution in [0.15, 0.2) is 72.9 Å². The van der Waals surface area contributed by atoms with Crippen molar-refractivity contribution < 1.29 is 19.5 Å². The number of carbonyl (C=O) groups is 3. The molecule has 0 aromatic heterocycles. The number of hydrogen-bond acceptors (Lipinski definition) is 5. The van der Waals surface area contributed by atoms with Gasteiger partial charge in [-0.15, -0.1) is 0 Å². The number of hydrogen-bond donors (Lipinski definition) is 5. The predicted molar refractivity (Wildman–Crippen MR) is 224 cm³/mol. The van der Waals surface area contributed by atoms with Gasteiger partial charge in [0.2, 0.25) is 11.8 Å². The number of carboxylic acids is 1. The van der Waals surface area contributed by atoms with Crippen LogP contribution in [0.5, 0.6) is 0 Å². The highest BCUT2D eigenvalue weighted by Gasteiger charge is 2.01. The Balaban J connectivity index is 0. The lowest BCUT2D eigenvalue weighted by atomic mass is 10.1. The van der Waals surface area contributed by atoms with Crippen molar-refractivity contribution in [2.24, 2.45) is 0 Å². The van der Waals surface area contributed by atoms with E-state index in [0.29, 0.717) is 25.9 Å². The predicted octanol–water partition coefficient (Wildman–Crippen LogP) is 9.67. The summed E-state index contributed by atoms with van der Waals surface area (Å²) in [5.41, 5.74) is 0. The van der Waals surface area contributed by atoms with Crippen LogP contribution in [-0.2, 0) is 14.4 Å². The van der Waals surface area contributed by atoms with Gasteiger partial charge >= 0.3 is 0 Å². The SMILES string of the molecule is CC(=O)O.CC/C=C/C/C=C/C/C=C/CCCCCCCC(=O)NCCNCCNCCNC(=O)CCCCCCC/C=C/C/C=C/C/C=C/CC. The molecule has 0 spiro atoms. The third-order valence-corrected chi connectivity index (χ3v) is 7.84. The van der Waals surface area contributed by atoms with E-state index in [1.54, 1.807) is 0 Å². The average molecular weight is 727 g/mol. The van der Waals surface area contributed by atoms with Crippen molar-refractivity contribution >= 4 is 17.8 Å². The van der Waals surface area contributed by atoms with Gasteiger partial charge in [-0.3, -0.25) is 14.4 Å². The summed E-state index contributed by atoms with van der Waals surface area (Å²) in [5, 5.41) is 20.1. The van der Waals surface area contributed by atoms with Crippen LogP contribution in [0, 0.1) is 0 Å². The molecular formula is C44H78N4O4. The van der Waals surface area contributed by atoms with Gasteiger partial charge < -0.3 is 26.4 Å². The molecule has 0 aliphatic heterocycles. The fraction of sp³-hybridized carbons (Fsp3) is 0.659. The van der Waals surface area contributed by atoms with Gasteiger partial charge in [-0.25, -0.2) is 0 Å². The monoisotopic (exact) mass is 727 g/mol. The smallest absolute Gasteiger partial charge is 0.300 e. The molecule has 0 saturated heterocycles. The van der Waals surface area contributed by atoms with Gasteiger partial charge in [-0.05, 0) is 77.0 Å². The zero-order chi connectivity index (χ0) is 38.4. The van der Waals surface area contributed by atoms with Gasteiger partial charge in [-0.1, -0.05) is 125 Å². The zero-order valence-corrected chi connectivity index (χ0v) is 33.5. The molecule has 0 aliphatic rings. The second-order valence-corrected chi connectivity index (χ2v) is 12.9. The Hall–Kier alpha value is -3.23. The van der Waals surface area contributed by atoms with Crippen LogP contribution in [0.3, 0.4) is 0 Å². The number of amides is 2. The van der Waals surface area contributed by atoms with E-state index in [1.807, 2.05) is 0 Å². The van der Waals surface area contributed by atoms with Crippen LogP contribution in [0.1, 0.15) is 149 Å². The third kappa shape index (κ3) is 51.1. The fourth-order valence-electron chi connectivity index (χ4n) is 4.99. The van der Waals surface area contributed by atoms with Crippen molar-refractivity contribution in [1.82, 2.24) is 21.3 Å². The van der Waals surface area contributed by atoms with E-state index in [4.69, 9.17) is 9.90 Å². The minimum Gasteiger partial charge on any atom is -0.481 e. The average Bonchev–Trinajstić information content (AvgIpc) is 3.12. The number of carbonyl (C=O) groups excluding carboxylic acids is 2. The molecule has 0 fully saturated rings. The van der Waals surface area contributed by atoms with Gasteiger partial charge in [0.15, 0.2) is 0 Å². The Kier molecular flexibility index (Phi) is 44.8. The first-order valence-electron chi connectivity index (χ1n) is 20.5. The molecule has 298 valence electrons. The molecule has 0 radical (unpaired) electrons. The van der Waals surface area contributed by atoms with Crippen molar-refractivity contribution in [1.29, 1.82) is 0 Å². The molecule has 0 aromatic carbocycles. The van der Waals surface area contributed by atoms with Gasteiger partial charge in [0.25, 0.3) is 5.97 Å². The molecule has 0 aromatic rings. The molecule has 0 atom stereocenters. The molecule has 0 saturated carbocycles. The maximum Gasteiger partial charge on any atom is 0.300 e. The number of allylic oxidation sites excluding steroid dienone is 12. The summed E-state index contributed by atoms with van der Waals surface area (Å²) in [6, 6.07) is 0. The summed E-state index contributed by atoms with van der Waals surface area (Å²) in [7, 11) is 0. The molecule has 0 bridgehead atoms. The van der Waals surface area contributed by atoms with Crippen molar-refractivity contribution in [2.75, 3.05) is 39.3 Å². The summed E-state index contributed by atoms with van der Waals surface area (Å²) in [6.45, 7) is 9.97.